The highest BCUT2D eigenvalue weighted by atomic mass is 79.9. The van der Waals surface area contributed by atoms with Crippen molar-refractivity contribution in [3.8, 4) is 17.2 Å². The Morgan fingerprint density at radius 1 is 0.973 bits per heavy atom. The number of halogens is 1. The average molecular weight is 554 g/mol. The number of methoxy groups -OCH3 is 1. The minimum atomic E-state index is -0.304. The number of carbonyl (C=O) groups excluding carboxylic acids is 1. The topological polar surface area (TPSA) is 64.8 Å². The number of hydrogen-bond acceptors (Lipinski definition) is 4. The van der Waals surface area contributed by atoms with Gasteiger partial charge in [-0.1, -0.05) is 54.6 Å². The normalized spacial score (nSPS) is 11.1. The predicted molar refractivity (Wildman–Crippen MR) is 150 cm³/mol. The van der Waals surface area contributed by atoms with Crippen molar-refractivity contribution in [2.24, 2.45) is 5.10 Å². The van der Waals surface area contributed by atoms with Gasteiger partial charge in [0.25, 0.3) is 5.91 Å². The summed E-state index contributed by atoms with van der Waals surface area (Å²) < 4.78 is 14.4. The van der Waals surface area contributed by atoms with Crippen LogP contribution in [0.1, 0.15) is 21.5 Å². The third kappa shape index (κ3) is 5.42. The maximum atomic E-state index is 12.8. The first kappa shape index (κ1) is 24.3. The lowest BCUT2D eigenvalue weighted by atomic mass is 10.1. The summed E-state index contributed by atoms with van der Waals surface area (Å²) in [6, 6.07) is 29.3. The molecule has 184 valence electrons. The molecule has 0 saturated heterocycles. The van der Waals surface area contributed by atoms with Gasteiger partial charge in [0.2, 0.25) is 0 Å². The van der Waals surface area contributed by atoms with Gasteiger partial charge in [0.05, 0.1) is 29.0 Å². The van der Waals surface area contributed by atoms with E-state index in [4.69, 9.17) is 9.47 Å². The zero-order valence-corrected chi connectivity index (χ0v) is 21.7. The maximum Gasteiger partial charge on any atom is 0.273 e. The molecular formula is C30H24BrN3O3. The Labute approximate surface area is 223 Å². The van der Waals surface area contributed by atoms with Gasteiger partial charge in [-0.2, -0.15) is 5.10 Å². The van der Waals surface area contributed by atoms with Crippen molar-refractivity contribution in [2.45, 2.75) is 6.61 Å². The lowest BCUT2D eigenvalue weighted by Crippen LogP contribution is -2.19. The Balaban J connectivity index is 1.30. The molecule has 0 aliphatic heterocycles. The molecule has 0 unspecified atom stereocenters. The van der Waals surface area contributed by atoms with E-state index in [-0.39, 0.29) is 5.91 Å². The lowest BCUT2D eigenvalue weighted by molar-refractivity contribution is 0.0955. The van der Waals surface area contributed by atoms with Crippen LogP contribution in [0.15, 0.2) is 113 Å². The van der Waals surface area contributed by atoms with Crippen LogP contribution in [0, 0.1) is 0 Å². The number of fused-ring (bicyclic) bond motifs is 1. The van der Waals surface area contributed by atoms with Crippen molar-refractivity contribution in [3.63, 3.8) is 0 Å². The van der Waals surface area contributed by atoms with E-state index in [9.17, 15) is 4.79 Å². The number of rotatable bonds is 8. The van der Waals surface area contributed by atoms with E-state index in [1.807, 2.05) is 77.6 Å². The molecule has 1 aromatic heterocycles. The number of benzene rings is 4. The number of nitrogens with zero attached hydrogens (tertiary/aromatic N) is 2. The number of ether oxygens (including phenoxy) is 2. The van der Waals surface area contributed by atoms with E-state index in [2.05, 4.69) is 50.7 Å². The van der Waals surface area contributed by atoms with Gasteiger partial charge in [0.1, 0.15) is 6.61 Å². The second-order valence-corrected chi connectivity index (χ2v) is 9.12. The largest absolute Gasteiger partial charge is 0.493 e. The molecule has 0 radical (unpaired) electrons. The second-order valence-electron chi connectivity index (χ2n) is 8.27. The Kier molecular flexibility index (Phi) is 7.33. The molecular weight excluding hydrogens is 530 g/mol. The zero-order chi connectivity index (χ0) is 25.6. The summed E-state index contributed by atoms with van der Waals surface area (Å²) in [5.74, 6) is 0.847. The molecule has 0 aliphatic rings. The molecule has 0 aliphatic carbocycles. The van der Waals surface area contributed by atoms with Gasteiger partial charge in [-0.3, -0.25) is 4.79 Å². The summed E-state index contributed by atoms with van der Waals surface area (Å²) in [5.41, 5.74) is 5.73. The van der Waals surface area contributed by atoms with Gasteiger partial charge in [-0.05, 0) is 74.2 Å². The smallest absolute Gasteiger partial charge is 0.273 e. The predicted octanol–water partition coefficient (Wildman–Crippen LogP) is 6.74. The van der Waals surface area contributed by atoms with Gasteiger partial charge in [0, 0.05) is 12.4 Å². The molecule has 0 fully saturated rings. The van der Waals surface area contributed by atoms with Crippen LogP contribution in [-0.2, 0) is 6.61 Å². The van der Waals surface area contributed by atoms with Crippen molar-refractivity contribution < 1.29 is 14.3 Å². The third-order valence-electron chi connectivity index (χ3n) is 5.91. The molecule has 1 heterocycles. The summed E-state index contributed by atoms with van der Waals surface area (Å²) in [7, 11) is 1.59. The molecule has 6 nitrogen and oxygen atoms in total. The summed E-state index contributed by atoms with van der Waals surface area (Å²) in [4.78, 5) is 12.8. The highest BCUT2D eigenvalue weighted by Gasteiger charge is 2.14. The molecule has 0 saturated carbocycles. The van der Waals surface area contributed by atoms with E-state index in [0.29, 0.717) is 23.7 Å². The van der Waals surface area contributed by atoms with Crippen LogP contribution in [-0.4, -0.2) is 23.8 Å². The molecule has 4 aromatic carbocycles. The summed E-state index contributed by atoms with van der Waals surface area (Å²) in [6.07, 6.45) is 5.35. The van der Waals surface area contributed by atoms with Crippen LogP contribution in [0.2, 0.25) is 0 Å². The lowest BCUT2D eigenvalue weighted by Gasteiger charge is -2.14. The van der Waals surface area contributed by atoms with Crippen molar-refractivity contribution in [3.05, 3.63) is 125 Å². The number of hydrogen-bond donors (Lipinski definition) is 1. The zero-order valence-electron chi connectivity index (χ0n) is 20.1. The fourth-order valence-corrected chi connectivity index (χ4v) is 4.71. The SMILES string of the molecule is COc1cc(/C=N/NC(=O)c2ccccc2-n2cccc2)cc(Br)c1OCc1cccc2ccccc12. The van der Waals surface area contributed by atoms with Crippen molar-refractivity contribution in [1.29, 1.82) is 0 Å². The molecule has 0 spiro atoms. The molecule has 5 aromatic rings. The van der Waals surface area contributed by atoms with Crippen LogP contribution >= 0.6 is 15.9 Å². The van der Waals surface area contributed by atoms with Crippen LogP contribution in [0.3, 0.4) is 0 Å². The van der Waals surface area contributed by atoms with Gasteiger partial charge in [0.15, 0.2) is 11.5 Å². The molecule has 1 amide bonds. The van der Waals surface area contributed by atoms with E-state index in [1.165, 1.54) is 5.39 Å². The minimum absolute atomic E-state index is 0.304. The molecule has 0 bridgehead atoms. The Bertz CT molecular complexity index is 1570. The van der Waals surface area contributed by atoms with Gasteiger partial charge < -0.3 is 14.0 Å². The third-order valence-corrected chi connectivity index (χ3v) is 6.50. The molecule has 1 N–H and O–H groups in total. The Morgan fingerprint density at radius 2 is 1.73 bits per heavy atom. The number of para-hydroxylation sites is 1. The average Bonchev–Trinajstić information content (AvgIpc) is 3.47. The Morgan fingerprint density at radius 3 is 2.57 bits per heavy atom. The van der Waals surface area contributed by atoms with Crippen molar-refractivity contribution >= 4 is 38.8 Å². The summed E-state index contributed by atoms with van der Waals surface area (Å²) in [6.45, 7) is 0.389. The first-order valence-electron chi connectivity index (χ1n) is 11.7. The maximum absolute atomic E-state index is 12.8. The highest BCUT2D eigenvalue weighted by molar-refractivity contribution is 9.10. The first-order chi connectivity index (χ1) is 18.1. The number of nitrogens with one attached hydrogen (secondary N) is 1. The van der Waals surface area contributed by atoms with Crippen LogP contribution in [0.25, 0.3) is 16.5 Å². The Hall–Kier alpha value is -4.36. The fraction of sp³-hybridized carbons (Fsp3) is 0.0667. The van der Waals surface area contributed by atoms with E-state index in [1.54, 1.807) is 19.4 Å². The molecule has 0 atom stereocenters. The number of aromatic nitrogens is 1. The summed E-state index contributed by atoms with van der Waals surface area (Å²) >= 11 is 3.59. The van der Waals surface area contributed by atoms with Gasteiger partial charge in [-0.15, -0.1) is 0 Å². The van der Waals surface area contributed by atoms with Crippen molar-refractivity contribution in [2.75, 3.05) is 7.11 Å². The molecule has 7 heteroatoms. The van der Waals surface area contributed by atoms with E-state index >= 15 is 0 Å². The van der Waals surface area contributed by atoms with Gasteiger partial charge >= 0.3 is 0 Å². The minimum Gasteiger partial charge on any atom is -0.493 e. The second kappa shape index (κ2) is 11.1. The first-order valence-corrected chi connectivity index (χ1v) is 12.5. The molecule has 5 rings (SSSR count). The number of carbonyl (C=O) groups is 1. The monoisotopic (exact) mass is 553 g/mol. The standard InChI is InChI=1S/C30H24BrN3O3/c1-36-28-18-21(19-32-33-30(35)25-13-4-5-14-27(25)34-15-6-7-16-34)17-26(31)29(28)37-20-23-11-8-10-22-9-2-3-12-24(22)23/h2-19H,20H2,1H3,(H,33,35)/b32-19+. The van der Waals surface area contributed by atoms with Crippen LogP contribution < -0.4 is 14.9 Å². The molecule has 37 heavy (non-hydrogen) atoms. The number of hydrazone groups is 1. The van der Waals surface area contributed by atoms with E-state index < -0.39 is 0 Å². The van der Waals surface area contributed by atoms with E-state index in [0.717, 1.165) is 26.7 Å². The van der Waals surface area contributed by atoms with Crippen LogP contribution in [0.5, 0.6) is 11.5 Å². The summed E-state index contributed by atoms with van der Waals surface area (Å²) in [5, 5.41) is 6.48. The van der Waals surface area contributed by atoms with Crippen LogP contribution in [0.4, 0.5) is 0 Å². The van der Waals surface area contributed by atoms with Gasteiger partial charge in [-0.25, -0.2) is 5.43 Å². The highest BCUT2D eigenvalue weighted by Crippen LogP contribution is 2.37. The quantitative estimate of drug-likeness (QED) is 0.171. The fourth-order valence-electron chi connectivity index (χ4n) is 4.13. The number of amides is 1. The van der Waals surface area contributed by atoms with Crippen molar-refractivity contribution in [1.82, 2.24) is 9.99 Å².